The van der Waals surface area contributed by atoms with Gasteiger partial charge in [-0.2, -0.15) is 9.81 Å². The van der Waals surface area contributed by atoms with Crippen molar-refractivity contribution in [2.75, 3.05) is 91.6 Å². The van der Waals surface area contributed by atoms with Gasteiger partial charge in [0.05, 0.1) is 26.2 Å². The second kappa shape index (κ2) is 22.4. The number of amides is 1. The van der Waals surface area contributed by atoms with Crippen LogP contribution in [-0.4, -0.2) is 123 Å². The van der Waals surface area contributed by atoms with Crippen LogP contribution in [0.2, 0.25) is 0 Å². The highest BCUT2D eigenvalue weighted by molar-refractivity contribution is 5.77. The molecule has 0 aromatic rings. The number of nitrogens with two attached hydrogens (primary N) is 1. The molecule has 0 spiro atoms. The molecule has 0 aromatic carbocycles. The van der Waals surface area contributed by atoms with Crippen LogP contribution in [0.4, 0.5) is 0 Å². The molecule has 1 heterocycles. The maximum absolute atomic E-state index is 11.6. The highest BCUT2D eigenvalue weighted by Crippen LogP contribution is 2.01. The number of hydrogen-bond acceptors (Lipinski definition) is 10. The highest BCUT2D eigenvalue weighted by Gasteiger charge is 2.18. The summed E-state index contributed by atoms with van der Waals surface area (Å²) in [6.07, 6.45) is 0. The predicted octanol–water partition coefficient (Wildman–Crippen LogP) is 0.868. The second-order valence-corrected chi connectivity index (χ2v) is 7.11. The Labute approximate surface area is 193 Å². The fourth-order valence-electron chi connectivity index (χ4n) is 3.24. The Morgan fingerprint density at radius 3 is 1.25 bits per heavy atom. The van der Waals surface area contributed by atoms with E-state index >= 15 is 0 Å². The topological polar surface area (TPSA) is 132 Å². The lowest BCUT2D eigenvalue weighted by Crippen LogP contribution is -2.48. The summed E-state index contributed by atoms with van der Waals surface area (Å²) in [5, 5.41) is 5.90. The van der Waals surface area contributed by atoms with E-state index in [1.807, 2.05) is 32.6 Å². The summed E-state index contributed by atoms with van der Waals surface area (Å²) >= 11 is 0. The van der Waals surface area contributed by atoms with Gasteiger partial charge in [0.15, 0.2) is 0 Å². The molecular weight excluding hydrogens is 414 g/mol. The van der Waals surface area contributed by atoms with E-state index in [-0.39, 0.29) is 31.3 Å². The van der Waals surface area contributed by atoms with Crippen molar-refractivity contribution in [1.82, 2.24) is 19.6 Å². The molecule has 0 saturated carbocycles. The third kappa shape index (κ3) is 17.8. The van der Waals surface area contributed by atoms with Gasteiger partial charge in [-0.25, -0.2) is 0 Å². The Hall–Kier alpha value is -1.82. The first-order valence-corrected chi connectivity index (χ1v) is 11.7. The van der Waals surface area contributed by atoms with Gasteiger partial charge in [0.1, 0.15) is 5.78 Å². The molecule has 11 nitrogen and oxygen atoms in total. The van der Waals surface area contributed by atoms with E-state index in [1.165, 1.54) is 0 Å². The van der Waals surface area contributed by atoms with Crippen LogP contribution < -0.4 is 5.73 Å². The van der Waals surface area contributed by atoms with E-state index in [2.05, 4.69) is 25.1 Å². The monoisotopic (exact) mass is 459 g/mol. The quantitative estimate of drug-likeness (QED) is 0.476. The SMILES string of the molecule is CC.CC.CC(=O)CN1CCN(CCN=O)CCN(CCN=O)CCN(CC(N)=O)CC1. The van der Waals surface area contributed by atoms with Gasteiger partial charge in [0.2, 0.25) is 5.91 Å². The standard InChI is InChI=1S/C17H33N7O4.2C2H6/c1-16(25)14-23-10-8-21(4-2-19-27)6-7-22(5-3-20-28)9-11-24(13-12-23)15-17(18)26;2*1-2/h2-15H2,1H3,(H2,18,26);2*1-2H3. The van der Waals surface area contributed by atoms with Gasteiger partial charge in [-0.3, -0.25) is 29.2 Å². The number of carbonyl (C=O) groups excluding carboxylic acids is 2. The smallest absolute Gasteiger partial charge is 0.231 e. The highest BCUT2D eigenvalue weighted by atomic mass is 16.3. The first-order valence-electron chi connectivity index (χ1n) is 11.7. The number of rotatable bonds is 10. The summed E-state index contributed by atoms with van der Waals surface area (Å²) in [6, 6.07) is 0. The summed E-state index contributed by atoms with van der Waals surface area (Å²) in [6.45, 7) is 17.0. The lowest BCUT2D eigenvalue weighted by atomic mass is 10.3. The first kappa shape index (κ1) is 32.4. The maximum atomic E-state index is 11.6. The van der Waals surface area contributed by atoms with Gasteiger partial charge in [-0.05, 0) is 6.92 Å². The van der Waals surface area contributed by atoms with Crippen molar-refractivity contribution in [3.8, 4) is 0 Å². The lowest BCUT2D eigenvalue weighted by Gasteiger charge is -2.33. The third-order valence-electron chi connectivity index (χ3n) is 4.77. The molecule has 1 aliphatic rings. The number of hydrogen-bond donors (Lipinski definition) is 1. The van der Waals surface area contributed by atoms with Gasteiger partial charge in [0.25, 0.3) is 0 Å². The van der Waals surface area contributed by atoms with Crippen molar-refractivity contribution in [1.29, 1.82) is 0 Å². The fraction of sp³-hybridized carbons (Fsp3) is 0.905. The number of nitroso groups, excluding NO2 is 2. The number of nitrogens with zero attached hydrogens (tertiary/aromatic N) is 6. The minimum absolute atomic E-state index is 0.0854. The Kier molecular flexibility index (Phi) is 22.6. The van der Waals surface area contributed by atoms with E-state index in [0.29, 0.717) is 65.4 Å². The number of primary amides is 1. The zero-order valence-corrected chi connectivity index (χ0v) is 20.8. The van der Waals surface area contributed by atoms with Crippen molar-refractivity contribution in [3.05, 3.63) is 9.81 Å². The third-order valence-corrected chi connectivity index (χ3v) is 4.77. The first-order chi connectivity index (χ1) is 15.4. The number of Topliss-reactive ketones (excluding diaryl/α,β-unsaturated/α-hetero) is 1. The fourth-order valence-corrected chi connectivity index (χ4v) is 3.24. The minimum Gasteiger partial charge on any atom is -0.369 e. The average molecular weight is 460 g/mol. The Morgan fingerprint density at radius 1 is 0.656 bits per heavy atom. The Balaban J connectivity index is 0. The molecule has 1 fully saturated rings. The van der Waals surface area contributed by atoms with Crippen molar-refractivity contribution >= 4 is 11.7 Å². The molecule has 0 bridgehead atoms. The summed E-state index contributed by atoms with van der Waals surface area (Å²) in [5.74, 6) is -0.305. The van der Waals surface area contributed by atoms with Crippen molar-refractivity contribution in [2.45, 2.75) is 34.6 Å². The normalized spacial score (nSPS) is 17.4. The summed E-state index contributed by atoms with van der Waals surface area (Å²) in [4.78, 5) is 52.4. The Bertz CT molecular complexity index is 465. The van der Waals surface area contributed by atoms with Gasteiger partial charge in [0, 0.05) is 65.4 Å². The summed E-state index contributed by atoms with van der Waals surface area (Å²) < 4.78 is 0. The van der Waals surface area contributed by atoms with E-state index in [1.54, 1.807) is 6.92 Å². The molecule has 188 valence electrons. The second-order valence-electron chi connectivity index (χ2n) is 7.11. The molecule has 1 aliphatic heterocycles. The minimum atomic E-state index is -0.390. The molecule has 2 N–H and O–H groups in total. The van der Waals surface area contributed by atoms with Crippen LogP contribution in [0.3, 0.4) is 0 Å². The van der Waals surface area contributed by atoms with Crippen molar-refractivity contribution < 1.29 is 9.59 Å². The molecule has 0 radical (unpaired) electrons. The lowest BCUT2D eigenvalue weighted by molar-refractivity contribution is -0.120. The molecule has 0 unspecified atom stereocenters. The zero-order valence-electron chi connectivity index (χ0n) is 20.8. The molecule has 0 aromatic heterocycles. The molecule has 1 saturated heterocycles. The molecule has 0 aliphatic carbocycles. The van der Waals surface area contributed by atoms with Crippen LogP contribution in [0.1, 0.15) is 34.6 Å². The summed E-state index contributed by atoms with van der Waals surface area (Å²) in [5.41, 5.74) is 5.37. The maximum Gasteiger partial charge on any atom is 0.231 e. The van der Waals surface area contributed by atoms with Gasteiger partial charge >= 0.3 is 0 Å². The van der Waals surface area contributed by atoms with Crippen LogP contribution in [0.15, 0.2) is 10.4 Å². The van der Waals surface area contributed by atoms with E-state index in [9.17, 15) is 19.4 Å². The number of carbonyl (C=O) groups is 2. The van der Waals surface area contributed by atoms with Crippen molar-refractivity contribution in [2.24, 2.45) is 16.1 Å². The van der Waals surface area contributed by atoms with Crippen LogP contribution in [0.5, 0.6) is 0 Å². The van der Waals surface area contributed by atoms with E-state index in [4.69, 9.17) is 5.73 Å². The summed E-state index contributed by atoms with van der Waals surface area (Å²) in [7, 11) is 0. The Morgan fingerprint density at radius 2 is 0.969 bits per heavy atom. The predicted molar refractivity (Wildman–Crippen MR) is 130 cm³/mol. The molecule has 1 rings (SSSR count). The zero-order chi connectivity index (χ0) is 24.8. The molecule has 32 heavy (non-hydrogen) atoms. The van der Waals surface area contributed by atoms with Crippen LogP contribution in [-0.2, 0) is 9.59 Å². The molecule has 11 heteroatoms. The molecular formula is C21H45N7O4. The molecule has 0 atom stereocenters. The van der Waals surface area contributed by atoms with Crippen LogP contribution in [0.25, 0.3) is 0 Å². The molecule has 1 amide bonds. The largest absolute Gasteiger partial charge is 0.369 e. The van der Waals surface area contributed by atoms with Crippen LogP contribution in [0, 0.1) is 9.81 Å². The van der Waals surface area contributed by atoms with Gasteiger partial charge in [-0.15, -0.1) is 0 Å². The number of ketones is 1. The van der Waals surface area contributed by atoms with Gasteiger partial charge < -0.3 is 5.73 Å². The van der Waals surface area contributed by atoms with E-state index in [0.717, 1.165) is 6.54 Å². The van der Waals surface area contributed by atoms with E-state index < -0.39 is 0 Å². The van der Waals surface area contributed by atoms with Gasteiger partial charge in [-0.1, -0.05) is 38.0 Å². The van der Waals surface area contributed by atoms with Crippen LogP contribution >= 0.6 is 0 Å². The van der Waals surface area contributed by atoms with Crippen molar-refractivity contribution in [3.63, 3.8) is 0 Å². The average Bonchev–Trinajstić information content (AvgIpc) is 2.78.